The van der Waals surface area contributed by atoms with Crippen LogP contribution in [0.25, 0.3) is 0 Å². The Bertz CT molecular complexity index is 494. The molecule has 1 heteroatoms. The Kier molecular flexibility index (Phi) is 2.83. The summed E-state index contributed by atoms with van der Waals surface area (Å²) in [5, 5.41) is 0. The first-order valence-corrected chi connectivity index (χ1v) is 9.08. The lowest BCUT2D eigenvalue weighted by Crippen LogP contribution is -2.56. The van der Waals surface area contributed by atoms with Gasteiger partial charge < -0.3 is 4.79 Å². The van der Waals surface area contributed by atoms with Gasteiger partial charge in [0.2, 0.25) is 0 Å². The number of fused-ring (bicyclic) bond motifs is 3. The minimum Gasteiger partial charge on any atom is -0.303 e. The van der Waals surface area contributed by atoms with Crippen molar-refractivity contribution in [3.63, 3.8) is 0 Å². The van der Waals surface area contributed by atoms with E-state index in [1.807, 2.05) is 0 Å². The van der Waals surface area contributed by atoms with Crippen molar-refractivity contribution in [2.75, 3.05) is 0 Å². The average Bonchev–Trinajstić information content (AvgIpc) is 2.68. The van der Waals surface area contributed by atoms with E-state index in [1.165, 1.54) is 57.7 Å². The van der Waals surface area contributed by atoms with E-state index in [2.05, 4.69) is 20.4 Å². The van der Waals surface area contributed by atoms with Gasteiger partial charge in [-0.25, -0.2) is 0 Å². The molecule has 4 aliphatic rings. The molecule has 1 spiro atoms. The minimum atomic E-state index is -0.0545. The van der Waals surface area contributed by atoms with E-state index in [-0.39, 0.29) is 5.41 Å². The predicted molar refractivity (Wildman–Crippen MR) is 85.9 cm³/mol. The topological polar surface area (TPSA) is 17.1 Å². The lowest BCUT2D eigenvalue weighted by Gasteiger charge is -2.63. The molecule has 0 aliphatic heterocycles. The fourth-order valence-electron chi connectivity index (χ4n) is 7.54. The second kappa shape index (κ2) is 4.24. The van der Waals surface area contributed by atoms with Crippen LogP contribution in [0.5, 0.6) is 0 Å². The smallest absolute Gasteiger partial charge is 0.126 e. The zero-order valence-corrected chi connectivity index (χ0v) is 13.8. The fourth-order valence-corrected chi connectivity index (χ4v) is 7.54. The molecule has 4 saturated carbocycles. The van der Waals surface area contributed by atoms with Crippen LogP contribution in [0.15, 0.2) is 12.2 Å². The van der Waals surface area contributed by atoms with Crippen LogP contribution in [-0.4, -0.2) is 6.29 Å². The van der Waals surface area contributed by atoms with E-state index in [4.69, 9.17) is 0 Å². The molecule has 0 radical (unpaired) electrons. The normalized spacial score (nSPS) is 55.7. The van der Waals surface area contributed by atoms with Crippen molar-refractivity contribution in [3.8, 4) is 0 Å². The van der Waals surface area contributed by atoms with Gasteiger partial charge in [-0.1, -0.05) is 32.4 Å². The summed E-state index contributed by atoms with van der Waals surface area (Å²) in [7, 11) is 0. The Hall–Kier alpha value is -0.590. The second-order valence-corrected chi connectivity index (χ2v) is 9.30. The van der Waals surface area contributed by atoms with Gasteiger partial charge in [-0.05, 0) is 80.0 Å². The van der Waals surface area contributed by atoms with Crippen LogP contribution in [-0.2, 0) is 4.79 Å². The van der Waals surface area contributed by atoms with E-state index in [0.717, 1.165) is 18.3 Å². The Morgan fingerprint density at radius 1 is 1.10 bits per heavy atom. The fraction of sp³-hybridized carbons (Fsp3) is 0.850. The van der Waals surface area contributed by atoms with Gasteiger partial charge >= 0.3 is 0 Å². The maximum atomic E-state index is 11.8. The number of rotatable bonds is 1. The summed E-state index contributed by atoms with van der Waals surface area (Å²) in [4.78, 5) is 11.8. The third kappa shape index (κ3) is 1.67. The van der Waals surface area contributed by atoms with Crippen LogP contribution < -0.4 is 0 Å². The molecule has 1 nitrogen and oxygen atoms in total. The van der Waals surface area contributed by atoms with Crippen LogP contribution in [0.4, 0.5) is 0 Å². The summed E-state index contributed by atoms with van der Waals surface area (Å²) in [6.45, 7) is 9.19. The maximum absolute atomic E-state index is 11.8. The highest BCUT2D eigenvalue weighted by molar-refractivity contribution is 5.60. The van der Waals surface area contributed by atoms with E-state index in [0.29, 0.717) is 16.7 Å². The van der Waals surface area contributed by atoms with Gasteiger partial charge in [0.15, 0.2) is 0 Å². The molecule has 0 unspecified atom stereocenters. The van der Waals surface area contributed by atoms with E-state index in [1.54, 1.807) is 5.57 Å². The number of hydrogen-bond donors (Lipinski definition) is 0. The van der Waals surface area contributed by atoms with Crippen molar-refractivity contribution in [2.45, 2.75) is 71.6 Å². The summed E-state index contributed by atoms with van der Waals surface area (Å²) in [5.74, 6) is 2.29. The van der Waals surface area contributed by atoms with Crippen molar-refractivity contribution >= 4 is 6.29 Å². The number of carbonyl (C=O) groups excluding carboxylic acids is 1. The molecule has 21 heavy (non-hydrogen) atoms. The lowest BCUT2D eigenvalue weighted by molar-refractivity contribution is -0.157. The molecule has 0 aromatic heterocycles. The van der Waals surface area contributed by atoms with Crippen LogP contribution in [0.1, 0.15) is 71.6 Å². The molecule has 0 heterocycles. The van der Waals surface area contributed by atoms with Gasteiger partial charge in [-0.15, -0.1) is 0 Å². The van der Waals surface area contributed by atoms with E-state index < -0.39 is 0 Å². The van der Waals surface area contributed by atoms with Gasteiger partial charge in [0.05, 0.1) is 0 Å². The highest BCUT2D eigenvalue weighted by atomic mass is 16.1. The summed E-state index contributed by atoms with van der Waals surface area (Å²) < 4.78 is 0. The molecular formula is C20H30O. The lowest BCUT2D eigenvalue weighted by atomic mass is 9.41. The largest absolute Gasteiger partial charge is 0.303 e. The highest BCUT2D eigenvalue weighted by Gasteiger charge is 2.63. The summed E-state index contributed by atoms with van der Waals surface area (Å²) in [5.41, 5.74) is 2.46. The Morgan fingerprint density at radius 3 is 2.67 bits per heavy atom. The van der Waals surface area contributed by atoms with Crippen LogP contribution in [0.2, 0.25) is 0 Å². The van der Waals surface area contributed by atoms with Gasteiger partial charge in [0, 0.05) is 5.41 Å². The zero-order valence-electron chi connectivity index (χ0n) is 13.8. The number of carbonyl (C=O) groups is 1. The Labute approximate surface area is 129 Å². The van der Waals surface area contributed by atoms with Crippen LogP contribution in [0, 0.1) is 34.0 Å². The van der Waals surface area contributed by atoms with Gasteiger partial charge in [-0.2, -0.15) is 0 Å². The molecule has 116 valence electrons. The molecular weight excluding hydrogens is 256 g/mol. The molecule has 0 N–H and O–H groups in total. The standard InChI is InChI=1S/C20H30O/c1-14-11-20-10-7-16-18(2,13-21)8-4-9-19(16,3)17(20)6-5-15(14)12-20/h13,15-17H,1,4-12H2,2-3H3/t15-,16-,17+,18+,19-,20-/m0/s1. The molecule has 2 bridgehead atoms. The first kappa shape index (κ1) is 14.0. The van der Waals surface area contributed by atoms with Crippen LogP contribution in [0.3, 0.4) is 0 Å². The zero-order chi connectivity index (χ0) is 14.9. The summed E-state index contributed by atoms with van der Waals surface area (Å²) in [6, 6.07) is 0. The van der Waals surface area contributed by atoms with Gasteiger partial charge in [-0.3, -0.25) is 0 Å². The predicted octanol–water partition coefficient (Wildman–Crippen LogP) is 5.15. The molecule has 0 saturated heterocycles. The molecule has 0 amide bonds. The summed E-state index contributed by atoms with van der Waals surface area (Å²) >= 11 is 0. The number of allylic oxidation sites excluding steroid dienone is 1. The molecule has 0 aromatic carbocycles. The number of aldehydes is 1. The molecule has 4 aliphatic carbocycles. The minimum absolute atomic E-state index is 0.0545. The Morgan fingerprint density at radius 2 is 1.90 bits per heavy atom. The van der Waals surface area contributed by atoms with E-state index in [9.17, 15) is 4.79 Å². The number of hydrogen-bond acceptors (Lipinski definition) is 1. The molecule has 6 atom stereocenters. The second-order valence-electron chi connectivity index (χ2n) is 9.30. The molecule has 4 fully saturated rings. The molecule has 4 rings (SSSR count). The van der Waals surface area contributed by atoms with Gasteiger partial charge in [0.1, 0.15) is 6.29 Å². The summed E-state index contributed by atoms with van der Waals surface area (Å²) in [6.07, 6.45) is 13.1. The highest BCUT2D eigenvalue weighted by Crippen LogP contribution is 2.71. The first-order chi connectivity index (χ1) is 9.94. The monoisotopic (exact) mass is 286 g/mol. The van der Waals surface area contributed by atoms with Crippen molar-refractivity contribution in [2.24, 2.45) is 34.0 Å². The SMILES string of the molecule is C=C1C[C@]23CC[C@@H]4[C@](C)(CCC[C@]4(C)C=O)[C@H]2CC[C@H]1C3. The van der Waals surface area contributed by atoms with Crippen molar-refractivity contribution in [3.05, 3.63) is 12.2 Å². The van der Waals surface area contributed by atoms with Crippen molar-refractivity contribution in [1.29, 1.82) is 0 Å². The van der Waals surface area contributed by atoms with Crippen molar-refractivity contribution < 1.29 is 4.79 Å². The van der Waals surface area contributed by atoms with E-state index >= 15 is 0 Å². The molecule has 0 aromatic rings. The Balaban J connectivity index is 1.75. The van der Waals surface area contributed by atoms with Crippen molar-refractivity contribution in [1.82, 2.24) is 0 Å². The van der Waals surface area contributed by atoms with Crippen LogP contribution >= 0.6 is 0 Å². The maximum Gasteiger partial charge on any atom is 0.126 e. The third-order valence-electron chi connectivity index (χ3n) is 8.37. The van der Waals surface area contributed by atoms with Gasteiger partial charge in [0.25, 0.3) is 0 Å². The third-order valence-corrected chi connectivity index (χ3v) is 8.37. The average molecular weight is 286 g/mol. The first-order valence-electron chi connectivity index (χ1n) is 9.08. The quantitative estimate of drug-likeness (QED) is 0.481.